The highest BCUT2D eigenvalue weighted by molar-refractivity contribution is 5.93. The third kappa shape index (κ3) is 3.33. The van der Waals surface area contributed by atoms with Crippen LogP contribution < -0.4 is 4.74 Å². The summed E-state index contributed by atoms with van der Waals surface area (Å²) >= 11 is 0. The maximum atomic E-state index is 12.6. The van der Waals surface area contributed by atoms with Gasteiger partial charge in [0.05, 0.1) is 6.20 Å². The van der Waals surface area contributed by atoms with Gasteiger partial charge in [0, 0.05) is 31.0 Å². The summed E-state index contributed by atoms with van der Waals surface area (Å²) in [5, 5.41) is 0. The molecule has 120 valence electrons. The SMILES string of the molecule is Cc1cncc(OCc2cccnc2C(=O)N2CCCC2)c1C. The lowest BCUT2D eigenvalue weighted by Crippen LogP contribution is -2.29. The molecule has 1 aliphatic heterocycles. The third-order valence-corrected chi connectivity index (χ3v) is 4.29. The van der Waals surface area contributed by atoms with Gasteiger partial charge in [-0.3, -0.25) is 14.8 Å². The van der Waals surface area contributed by atoms with Crippen LogP contribution in [0, 0.1) is 13.8 Å². The summed E-state index contributed by atoms with van der Waals surface area (Å²) in [6.45, 7) is 5.95. The fourth-order valence-corrected chi connectivity index (χ4v) is 2.72. The van der Waals surface area contributed by atoms with Crippen molar-refractivity contribution in [2.45, 2.75) is 33.3 Å². The standard InChI is InChI=1S/C18H21N3O2/c1-13-10-19-11-16(14(13)2)23-12-15-6-5-7-20-17(15)18(22)21-8-3-4-9-21/h5-7,10-11H,3-4,8-9,12H2,1-2H3. The lowest BCUT2D eigenvalue weighted by Gasteiger charge is -2.17. The van der Waals surface area contributed by atoms with Crippen LogP contribution in [0.4, 0.5) is 0 Å². The predicted octanol–water partition coefficient (Wildman–Crippen LogP) is 2.91. The van der Waals surface area contributed by atoms with E-state index in [1.54, 1.807) is 12.4 Å². The first-order valence-electron chi connectivity index (χ1n) is 7.94. The van der Waals surface area contributed by atoms with Crippen LogP contribution >= 0.6 is 0 Å². The summed E-state index contributed by atoms with van der Waals surface area (Å²) < 4.78 is 5.88. The van der Waals surface area contributed by atoms with E-state index in [2.05, 4.69) is 9.97 Å². The Bertz CT molecular complexity index is 709. The Morgan fingerprint density at radius 1 is 1.26 bits per heavy atom. The normalized spacial score (nSPS) is 14.1. The average molecular weight is 311 g/mol. The van der Waals surface area contributed by atoms with Crippen molar-refractivity contribution in [3.05, 3.63) is 53.1 Å². The molecule has 2 aromatic heterocycles. The summed E-state index contributed by atoms with van der Waals surface area (Å²) in [5.41, 5.74) is 3.45. The molecule has 5 nitrogen and oxygen atoms in total. The van der Waals surface area contributed by atoms with Gasteiger partial charge < -0.3 is 9.64 Å². The molecule has 23 heavy (non-hydrogen) atoms. The highest BCUT2D eigenvalue weighted by Gasteiger charge is 2.23. The highest BCUT2D eigenvalue weighted by Crippen LogP contribution is 2.21. The van der Waals surface area contributed by atoms with Crippen molar-refractivity contribution >= 4 is 5.91 Å². The van der Waals surface area contributed by atoms with Crippen LogP contribution in [0.5, 0.6) is 5.75 Å². The number of pyridine rings is 2. The largest absolute Gasteiger partial charge is 0.487 e. The van der Waals surface area contributed by atoms with Crippen LogP contribution in [0.25, 0.3) is 0 Å². The van der Waals surface area contributed by atoms with Crippen molar-refractivity contribution in [2.24, 2.45) is 0 Å². The van der Waals surface area contributed by atoms with Gasteiger partial charge in [0.15, 0.2) is 0 Å². The van der Waals surface area contributed by atoms with Crippen molar-refractivity contribution in [3.8, 4) is 5.75 Å². The summed E-state index contributed by atoms with van der Waals surface area (Å²) in [7, 11) is 0. The summed E-state index contributed by atoms with van der Waals surface area (Å²) in [4.78, 5) is 22.9. The molecule has 2 aromatic rings. The lowest BCUT2D eigenvalue weighted by atomic mass is 10.1. The van der Waals surface area contributed by atoms with E-state index in [0.717, 1.165) is 48.4 Å². The maximum Gasteiger partial charge on any atom is 0.272 e. The fourth-order valence-electron chi connectivity index (χ4n) is 2.72. The monoisotopic (exact) mass is 311 g/mol. The fraction of sp³-hybridized carbons (Fsp3) is 0.389. The zero-order chi connectivity index (χ0) is 16.2. The molecule has 0 bridgehead atoms. The smallest absolute Gasteiger partial charge is 0.272 e. The van der Waals surface area contributed by atoms with Gasteiger partial charge in [0.25, 0.3) is 5.91 Å². The second kappa shape index (κ2) is 6.77. The molecule has 5 heteroatoms. The van der Waals surface area contributed by atoms with Gasteiger partial charge in [-0.15, -0.1) is 0 Å². The molecular weight excluding hydrogens is 290 g/mol. The Morgan fingerprint density at radius 3 is 2.83 bits per heavy atom. The van der Waals surface area contributed by atoms with Crippen LogP contribution in [-0.2, 0) is 6.61 Å². The van der Waals surface area contributed by atoms with Gasteiger partial charge in [-0.25, -0.2) is 0 Å². The first-order chi connectivity index (χ1) is 11.2. The van der Waals surface area contributed by atoms with E-state index in [1.165, 1.54) is 0 Å². The molecule has 1 saturated heterocycles. The van der Waals surface area contributed by atoms with E-state index < -0.39 is 0 Å². The highest BCUT2D eigenvalue weighted by atomic mass is 16.5. The van der Waals surface area contributed by atoms with Gasteiger partial charge in [-0.2, -0.15) is 0 Å². The molecular formula is C18H21N3O2. The molecule has 0 radical (unpaired) electrons. The Kier molecular flexibility index (Phi) is 4.55. The number of aromatic nitrogens is 2. The van der Waals surface area contributed by atoms with Crippen molar-refractivity contribution in [1.82, 2.24) is 14.9 Å². The maximum absolute atomic E-state index is 12.6. The molecule has 3 heterocycles. The molecule has 0 aliphatic carbocycles. The van der Waals surface area contributed by atoms with E-state index in [0.29, 0.717) is 12.3 Å². The number of hydrogen-bond acceptors (Lipinski definition) is 4. The minimum absolute atomic E-state index is 0.000731. The molecule has 0 N–H and O–H groups in total. The minimum atomic E-state index is 0.000731. The number of carbonyl (C=O) groups is 1. The van der Waals surface area contributed by atoms with E-state index in [-0.39, 0.29) is 5.91 Å². The van der Waals surface area contributed by atoms with Crippen LogP contribution in [0.2, 0.25) is 0 Å². The summed E-state index contributed by atoms with van der Waals surface area (Å²) in [5.74, 6) is 0.745. The van der Waals surface area contributed by atoms with Crippen molar-refractivity contribution in [2.75, 3.05) is 13.1 Å². The molecule has 0 atom stereocenters. The first-order valence-corrected chi connectivity index (χ1v) is 7.94. The van der Waals surface area contributed by atoms with Crippen LogP contribution in [0.3, 0.4) is 0 Å². The second-order valence-electron chi connectivity index (χ2n) is 5.88. The zero-order valence-electron chi connectivity index (χ0n) is 13.6. The molecule has 0 spiro atoms. The Hall–Kier alpha value is -2.43. The number of carbonyl (C=O) groups excluding carboxylic acids is 1. The number of amides is 1. The van der Waals surface area contributed by atoms with Gasteiger partial charge in [0.1, 0.15) is 18.1 Å². The van der Waals surface area contributed by atoms with E-state index in [1.807, 2.05) is 37.1 Å². The number of likely N-dealkylation sites (tertiary alicyclic amines) is 1. The van der Waals surface area contributed by atoms with Crippen LogP contribution in [0.1, 0.15) is 40.0 Å². The van der Waals surface area contributed by atoms with Gasteiger partial charge in [-0.05, 0) is 43.9 Å². The molecule has 1 fully saturated rings. The topological polar surface area (TPSA) is 55.3 Å². The van der Waals surface area contributed by atoms with Crippen molar-refractivity contribution < 1.29 is 9.53 Å². The lowest BCUT2D eigenvalue weighted by molar-refractivity contribution is 0.0784. The zero-order valence-corrected chi connectivity index (χ0v) is 13.6. The Balaban J connectivity index is 1.78. The van der Waals surface area contributed by atoms with Gasteiger partial charge in [-0.1, -0.05) is 6.07 Å². The molecule has 1 amide bonds. The second-order valence-corrected chi connectivity index (χ2v) is 5.88. The molecule has 1 aliphatic rings. The first kappa shape index (κ1) is 15.5. The van der Waals surface area contributed by atoms with E-state index >= 15 is 0 Å². The van der Waals surface area contributed by atoms with Gasteiger partial charge in [0.2, 0.25) is 0 Å². The van der Waals surface area contributed by atoms with E-state index in [4.69, 9.17) is 4.74 Å². The Labute approximate surface area is 136 Å². The number of aryl methyl sites for hydroxylation is 1. The third-order valence-electron chi connectivity index (χ3n) is 4.29. The summed E-state index contributed by atoms with van der Waals surface area (Å²) in [6, 6.07) is 3.73. The van der Waals surface area contributed by atoms with Crippen LogP contribution in [-0.4, -0.2) is 33.9 Å². The minimum Gasteiger partial charge on any atom is -0.487 e. The van der Waals surface area contributed by atoms with Crippen molar-refractivity contribution in [1.29, 1.82) is 0 Å². The van der Waals surface area contributed by atoms with Crippen LogP contribution in [0.15, 0.2) is 30.7 Å². The average Bonchev–Trinajstić information content (AvgIpc) is 3.10. The quantitative estimate of drug-likeness (QED) is 0.871. The molecule has 3 rings (SSSR count). The number of hydrogen-bond donors (Lipinski definition) is 0. The Morgan fingerprint density at radius 2 is 2.04 bits per heavy atom. The van der Waals surface area contributed by atoms with Crippen molar-refractivity contribution in [3.63, 3.8) is 0 Å². The van der Waals surface area contributed by atoms with E-state index in [9.17, 15) is 4.79 Å². The van der Waals surface area contributed by atoms with Gasteiger partial charge >= 0.3 is 0 Å². The molecule has 0 saturated carbocycles. The molecule has 0 aromatic carbocycles. The summed E-state index contributed by atoms with van der Waals surface area (Å²) in [6.07, 6.45) is 7.32. The number of ether oxygens (including phenoxy) is 1. The number of rotatable bonds is 4. The molecule has 0 unspecified atom stereocenters. The number of nitrogens with zero attached hydrogens (tertiary/aromatic N) is 3. The predicted molar refractivity (Wildman–Crippen MR) is 87.4 cm³/mol.